The summed E-state index contributed by atoms with van der Waals surface area (Å²) >= 11 is 3.26. The fourth-order valence-electron chi connectivity index (χ4n) is 1.93. The van der Waals surface area contributed by atoms with Crippen LogP contribution < -0.4 is 11.1 Å². The van der Waals surface area contributed by atoms with Gasteiger partial charge >= 0.3 is 0 Å². The number of para-hydroxylation sites is 1. The van der Waals surface area contributed by atoms with Gasteiger partial charge in [0.2, 0.25) is 5.91 Å². The average Bonchev–Trinajstić information content (AvgIpc) is 2.38. The van der Waals surface area contributed by atoms with Gasteiger partial charge in [0.05, 0.1) is 0 Å². The average molecular weight is 337 g/mol. The van der Waals surface area contributed by atoms with Gasteiger partial charge in [-0.05, 0) is 36.2 Å². The van der Waals surface area contributed by atoms with Crippen LogP contribution in [0, 0.1) is 12.7 Å². The number of amides is 1. The molecule has 0 aromatic heterocycles. The fraction of sp³-hybridized carbons (Fsp3) is 0.133. The minimum Gasteiger partial charge on any atom is -0.370 e. The molecule has 2 aromatic carbocycles. The summed E-state index contributed by atoms with van der Waals surface area (Å²) in [6, 6.07) is 11.0. The van der Waals surface area contributed by atoms with Crippen molar-refractivity contribution in [2.45, 2.75) is 13.0 Å². The minimum atomic E-state index is -0.730. The Bertz CT molecular complexity index is 646. The van der Waals surface area contributed by atoms with Crippen LogP contribution in [0.5, 0.6) is 0 Å². The topological polar surface area (TPSA) is 55.1 Å². The third-order valence-electron chi connectivity index (χ3n) is 3.00. The molecule has 0 aliphatic rings. The molecule has 2 aromatic rings. The Morgan fingerprint density at radius 1 is 1.30 bits per heavy atom. The number of rotatable bonds is 4. The van der Waals surface area contributed by atoms with Gasteiger partial charge in [0, 0.05) is 10.2 Å². The van der Waals surface area contributed by atoms with E-state index in [-0.39, 0.29) is 5.82 Å². The van der Waals surface area contributed by atoms with Gasteiger partial charge in [0.25, 0.3) is 0 Å². The van der Waals surface area contributed by atoms with Crippen molar-refractivity contribution in [1.82, 2.24) is 0 Å². The first-order chi connectivity index (χ1) is 9.49. The van der Waals surface area contributed by atoms with Crippen LogP contribution in [0.3, 0.4) is 0 Å². The molecule has 1 unspecified atom stereocenters. The first-order valence-electron chi connectivity index (χ1n) is 6.05. The number of aryl methyl sites for hydroxylation is 1. The third kappa shape index (κ3) is 3.17. The molecule has 0 radical (unpaired) electrons. The summed E-state index contributed by atoms with van der Waals surface area (Å²) in [7, 11) is 0. The Morgan fingerprint density at radius 2 is 2.00 bits per heavy atom. The van der Waals surface area contributed by atoms with Crippen molar-refractivity contribution in [2.75, 3.05) is 5.32 Å². The predicted molar refractivity (Wildman–Crippen MR) is 80.8 cm³/mol. The van der Waals surface area contributed by atoms with Crippen LogP contribution in [0.25, 0.3) is 0 Å². The molecule has 3 nitrogen and oxygen atoms in total. The smallest absolute Gasteiger partial charge is 0.244 e. The van der Waals surface area contributed by atoms with E-state index in [0.29, 0.717) is 10.0 Å². The number of carbonyl (C=O) groups is 1. The van der Waals surface area contributed by atoms with E-state index in [2.05, 4.69) is 21.2 Å². The summed E-state index contributed by atoms with van der Waals surface area (Å²) < 4.78 is 13.6. The zero-order valence-corrected chi connectivity index (χ0v) is 12.4. The number of primary amides is 1. The second kappa shape index (κ2) is 6.05. The van der Waals surface area contributed by atoms with Gasteiger partial charge in [-0.15, -0.1) is 0 Å². The largest absolute Gasteiger partial charge is 0.370 e. The number of carbonyl (C=O) groups excluding carboxylic acids is 1. The normalized spacial score (nSPS) is 11.9. The van der Waals surface area contributed by atoms with Gasteiger partial charge in [-0.25, -0.2) is 4.39 Å². The lowest BCUT2D eigenvalue weighted by Gasteiger charge is -2.19. The molecule has 0 bridgehead atoms. The molecule has 0 heterocycles. The summed E-state index contributed by atoms with van der Waals surface area (Å²) in [4.78, 5) is 11.7. The molecule has 0 aliphatic carbocycles. The zero-order chi connectivity index (χ0) is 14.7. The van der Waals surface area contributed by atoms with Crippen molar-refractivity contribution in [3.8, 4) is 0 Å². The molecule has 3 N–H and O–H groups in total. The van der Waals surface area contributed by atoms with E-state index in [0.717, 1.165) is 11.3 Å². The van der Waals surface area contributed by atoms with E-state index < -0.39 is 11.9 Å². The number of hydrogen-bond acceptors (Lipinski definition) is 2. The molecule has 2 rings (SSSR count). The lowest BCUT2D eigenvalue weighted by atomic mass is 10.0. The van der Waals surface area contributed by atoms with Gasteiger partial charge in [-0.2, -0.15) is 0 Å². The number of nitrogens with one attached hydrogen (secondary N) is 1. The van der Waals surface area contributed by atoms with E-state index in [1.165, 1.54) is 12.1 Å². The molecular weight excluding hydrogens is 323 g/mol. The minimum absolute atomic E-state index is 0.375. The maximum absolute atomic E-state index is 13.1. The van der Waals surface area contributed by atoms with Crippen LogP contribution in [-0.2, 0) is 4.79 Å². The van der Waals surface area contributed by atoms with Crippen molar-refractivity contribution in [2.24, 2.45) is 5.73 Å². The van der Waals surface area contributed by atoms with Crippen molar-refractivity contribution in [3.63, 3.8) is 0 Å². The number of nitrogens with two attached hydrogens (primary N) is 1. The van der Waals surface area contributed by atoms with Gasteiger partial charge < -0.3 is 11.1 Å². The Balaban J connectivity index is 2.37. The van der Waals surface area contributed by atoms with Crippen molar-refractivity contribution in [3.05, 3.63) is 63.9 Å². The van der Waals surface area contributed by atoms with Crippen molar-refractivity contribution in [1.29, 1.82) is 0 Å². The lowest BCUT2D eigenvalue weighted by molar-refractivity contribution is -0.118. The van der Waals surface area contributed by atoms with Crippen molar-refractivity contribution >= 4 is 27.5 Å². The Kier molecular flexibility index (Phi) is 4.39. The van der Waals surface area contributed by atoms with Crippen molar-refractivity contribution < 1.29 is 9.18 Å². The molecule has 0 spiro atoms. The Morgan fingerprint density at radius 3 is 2.60 bits per heavy atom. The molecule has 0 fully saturated rings. The third-order valence-corrected chi connectivity index (χ3v) is 3.69. The summed E-state index contributed by atoms with van der Waals surface area (Å²) in [5.41, 5.74) is 7.87. The highest BCUT2D eigenvalue weighted by atomic mass is 79.9. The lowest BCUT2D eigenvalue weighted by Crippen LogP contribution is -2.28. The summed E-state index contributed by atoms with van der Waals surface area (Å²) in [5, 5.41) is 3.10. The van der Waals surface area contributed by atoms with E-state index in [1.807, 2.05) is 31.2 Å². The maximum atomic E-state index is 13.1. The molecule has 1 amide bonds. The molecular formula is C15H14BrFN2O. The fourth-order valence-corrected chi connectivity index (χ4v) is 2.51. The molecule has 1 atom stereocenters. The highest BCUT2D eigenvalue weighted by molar-refractivity contribution is 9.10. The molecule has 5 heteroatoms. The quantitative estimate of drug-likeness (QED) is 0.897. The Labute approximate surface area is 125 Å². The number of hydrogen-bond donors (Lipinski definition) is 2. The number of benzene rings is 2. The van der Waals surface area contributed by atoms with Gasteiger partial charge in [0.15, 0.2) is 0 Å². The van der Waals surface area contributed by atoms with Gasteiger partial charge in [-0.3, -0.25) is 4.79 Å². The van der Waals surface area contributed by atoms with Crippen LogP contribution in [0.4, 0.5) is 10.1 Å². The predicted octanol–water partition coefficient (Wildman–Crippen LogP) is 3.54. The second-order valence-electron chi connectivity index (χ2n) is 4.46. The first-order valence-corrected chi connectivity index (χ1v) is 6.85. The van der Waals surface area contributed by atoms with Crippen LogP contribution >= 0.6 is 15.9 Å². The van der Waals surface area contributed by atoms with Crippen LogP contribution in [-0.4, -0.2) is 5.91 Å². The number of anilines is 1. The first kappa shape index (κ1) is 14.5. The molecule has 0 aliphatic heterocycles. The molecule has 0 saturated heterocycles. The SMILES string of the molecule is Cc1ccccc1NC(C(N)=O)c1ccc(F)cc1Br. The van der Waals surface area contributed by atoms with Gasteiger partial charge in [-0.1, -0.05) is 40.2 Å². The standard InChI is InChI=1S/C15H14BrFN2O/c1-9-4-2-3-5-13(9)19-14(15(18)20)11-7-6-10(17)8-12(11)16/h2-8,14,19H,1H3,(H2,18,20). The summed E-state index contributed by atoms with van der Waals surface area (Å²) in [6.45, 7) is 1.93. The van der Waals surface area contributed by atoms with Crippen LogP contribution in [0.1, 0.15) is 17.2 Å². The molecule has 20 heavy (non-hydrogen) atoms. The monoisotopic (exact) mass is 336 g/mol. The second-order valence-corrected chi connectivity index (χ2v) is 5.31. The van der Waals surface area contributed by atoms with E-state index >= 15 is 0 Å². The highest BCUT2D eigenvalue weighted by Crippen LogP contribution is 2.28. The van der Waals surface area contributed by atoms with E-state index in [4.69, 9.17) is 5.73 Å². The summed E-state index contributed by atoms with van der Waals surface area (Å²) in [6.07, 6.45) is 0. The van der Waals surface area contributed by atoms with Crippen LogP contribution in [0.15, 0.2) is 46.9 Å². The van der Waals surface area contributed by atoms with Gasteiger partial charge in [0.1, 0.15) is 11.9 Å². The van der Waals surface area contributed by atoms with Crippen LogP contribution in [0.2, 0.25) is 0 Å². The Hall–Kier alpha value is -1.88. The molecule has 104 valence electrons. The highest BCUT2D eigenvalue weighted by Gasteiger charge is 2.21. The van der Waals surface area contributed by atoms with E-state index in [9.17, 15) is 9.18 Å². The summed E-state index contributed by atoms with van der Waals surface area (Å²) in [5.74, 6) is -0.903. The maximum Gasteiger partial charge on any atom is 0.244 e. The molecule has 0 saturated carbocycles. The number of halogens is 2. The van der Waals surface area contributed by atoms with E-state index in [1.54, 1.807) is 6.07 Å². The zero-order valence-electron chi connectivity index (χ0n) is 10.9.